The van der Waals surface area contributed by atoms with E-state index in [1.807, 2.05) is 29.6 Å². The van der Waals surface area contributed by atoms with Crippen LogP contribution in [-0.2, 0) is 7.05 Å². The first-order valence-corrected chi connectivity index (χ1v) is 7.41. The Morgan fingerprint density at radius 1 is 1.26 bits per heavy atom. The lowest BCUT2D eigenvalue weighted by molar-refractivity contribution is 0.626. The first kappa shape index (κ1) is 12.6. The molecule has 3 rings (SSSR count). The van der Waals surface area contributed by atoms with Crippen molar-refractivity contribution in [3.63, 3.8) is 0 Å². The van der Waals surface area contributed by atoms with E-state index in [1.54, 1.807) is 18.4 Å². The maximum Gasteiger partial charge on any atom is 0.238 e. The van der Waals surface area contributed by atoms with Crippen LogP contribution in [0.5, 0.6) is 0 Å². The molecule has 0 saturated heterocycles. The average molecular weight is 310 g/mol. The Morgan fingerprint density at radius 3 is 2.74 bits per heavy atom. The van der Waals surface area contributed by atoms with Crippen LogP contribution < -0.4 is 0 Å². The monoisotopic (exact) mass is 309 g/mol. The van der Waals surface area contributed by atoms with Crippen molar-refractivity contribution in [1.82, 2.24) is 25.2 Å². The Morgan fingerprint density at radius 2 is 2.05 bits per heavy atom. The van der Waals surface area contributed by atoms with Gasteiger partial charge >= 0.3 is 0 Å². The van der Waals surface area contributed by atoms with Gasteiger partial charge in [0, 0.05) is 16.0 Å². The van der Waals surface area contributed by atoms with Crippen LogP contribution in [0.1, 0.15) is 0 Å². The number of aromatic nitrogens is 5. The second-order valence-corrected chi connectivity index (χ2v) is 6.18. The van der Waals surface area contributed by atoms with E-state index in [2.05, 4.69) is 20.4 Å². The van der Waals surface area contributed by atoms with Crippen LogP contribution in [0.2, 0.25) is 5.02 Å². The van der Waals surface area contributed by atoms with Crippen LogP contribution in [0.4, 0.5) is 0 Å². The van der Waals surface area contributed by atoms with Gasteiger partial charge in [0.05, 0.1) is 12.7 Å². The highest BCUT2D eigenvalue weighted by molar-refractivity contribution is 8.00. The highest BCUT2D eigenvalue weighted by Gasteiger charge is 2.09. The maximum absolute atomic E-state index is 5.87. The van der Waals surface area contributed by atoms with Crippen LogP contribution in [0.25, 0.3) is 11.3 Å². The molecule has 5 nitrogen and oxygen atoms in total. The van der Waals surface area contributed by atoms with E-state index in [-0.39, 0.29) is 0 Å². The molecule has 0 spiro atoms. The summed E-state index contributed by atoms with van der Waals surface area (Å²) in [5, 5.41) is 15.1. The average Bonchev–Trinajstić information content (AvgIpc) is 3.00. The molecule has 1 aromatic carbocycles. The molecule has 2 heterocycles. The Balaban J connectivity index is 1.81. The summed E-state index contributed by atoms with van der Waals surface area (Å²) in [4.78, 5) is 5.96. The largest absolute Gasteiger partial charge is 0.238 e. The Bertz CT molecular complexity index is 691. The van der Waals surface area contributed by atoms with Crippen LogP contribution in [0.3, 0.4) is 0 Å². The fourth-order valence-corrected chi connectivity index (χ4v) is 3.22. The summed E-state index contributed by atoms with van der Waals surface area (Å²) in [6.07, 6.45) is 0. The number of hydrogen-bond donors (Lipinski definition) is 0. The fourth-order valence-electron chi connectivity index (χ4n) is 1.44. The van der Waals surface area contributed by atoms with Crippen molar-refractivity contribution in [2.45, 2.75) is 9.50 Å². The third-order valence-corrected chi connectivity index (χ3v) is 4.33. The highest BCUT2D eigenvalue weighted by atomic mass is 35.5. The van der Waals surface area contributed by atoms with Crippen molar-refractivity contribution < 1.29 is 0 Å². The summed E-state index contributed by atoms with van der Waals surface area (Å²) >= 11 is 8.82. The van der Waals surface area contributed by atoms with Crippen LogP contribution in [0, 0.1) is 0 Å². The summed E-state index contributed by atoms with van der Waals surface area (Å²) in [7, 11) is 1.73. The van der Waals surface area contributed by atoms with Crippen molar-refractivity contribution >= 4 is 34.7 Å². The summed E-state index contributed by atoms with van der Waals surface area (Å²) in [5.74, 6) is 0. The molecule has 0 amide bonds. The molecule has 0 saturated carbocycles. The van der Waals surface area contributed by atoms with Crippen molar-refractivity contribution in [2.24, 2.45) is 7.05 Å². The van der Waals surface area contributed by atoms with Gasteiger partial charge in [0.2, 0.25) is 5.16 Å². The predicted octanol–water partition coefficient (Wildman–Crippen LogP) is 3.14. The fraction of sp³-hybridized carbons (Fsp3) is 0.0909. The van der Waals surface area contributed by atoms with E-state index in [1.165, 1.54) is 16.6 Å². The number of thiazole rings is 1. The Labute approximate surface area is 122 Å². The molecule has 0 aliphatic carbocycles. The van der Waals surface area contributed by atoms with E-state index < -0.39 is 0 Å². The zero-order valence-corrected chi connectivity index (χ0v) is 12.2. The lowest BCUT2D eigenvalue weighted by atomic mass is 10.2. The smallest absolute Gasteiger partial charge is 0.229 e. The number of tetrazole rings is 1. The molecule has 0 aliphatic heterocycles. The zero-order chi connectivity index (χ0) is 13.2. The molecule has 0 bridgehead atoms. The van der Waals surface area contributed by atoms with Gasteiger partial charge in [0.15, 0.2) is 4.34 Å². The van der Waals surface area contributed by atoms with E-state index in [0.29, 0.717) is 5.16 Å². The molecule has 19 heavy (non-hydrogen) atoms. The Hall–Kier alpha value is -1.44. The quantitative estimate of drug-likeness (QED) is 0.744. The molecular weight excluding hydrogens is 302 g/mol. The minimum Gasteiger partial charge on any atom is -0.229 e. The van der Waals surface area contributed by atoms with Gasteiger partial charge in [0.1, 0.15) is 0 Å². The maximum atomic E-state index is 5.87. The van der Waals surface area contributed by atoms with Crippen molar-refractivity contribution in [2.75, 3.05) is 0 Å². The number of nitrogens with zero attached hydrogens (tertiary/aromatic N) is 5. The van der Waals surface area contributed by atoms with Gasteiger partial charge in [-0.2, -0.15) is 4.80 Å². The second-order valence-electron chi connectivity index (χ2n) is 3.67. The summed E-state index contributed by atoms with van der Waals surface area (Å²) in [5.41, 5.74) is 1.97. The van der Waals surface area contributed by atoms with Gasteiger partial charge in [0.25, 0.3) is 0 Å². The standard InChI is InChI=1S/C11H8ClN5S2/c1-17-15-10(14-16-17)19-11-13-9(6-18-11)7-2-4-8(12)5-3-7/h2-6H,1H3. The van der Waals surface area contributed by atoms with Crippen LogP contribution >= 0.6 is 34.7 Å². The normalized spacial score (nSPS) is 10.8. The molecule has 2 aromatic heterocycles. The molecule has 0 unspecified atom stereocenters. The van der Waals surface area contributed by atoms with Crippen molar-refractivity contribution in [3.8, 4) is 11.3 Å². The van der Waals surface area contributed by atoms with Crippen LogP contribution in [-0.4, -0.2) is 25.2 Å². The molecule has 96 valence electrons. The van der Waals surface area contributed by atoms with E-state index in [0.717, 1.165) is 20.6 Å². The van der Waals surface area contributed by atoms with E-state index in [4.69, 9.17) is 11.6 Å². The molecule has 0 aliphatic rings. The lowest BCUT2D eigenvalue weighted by Crippen LogP contribution is -1.91. The number of rotatable bonds is 3. The SMILES string of the molecule is Cn1nnc(Sc2nc(-c3ccc(Cl)cc3)cs2)n1. The van der Waals surface area contributed by atoms with Crippen molar-refractivity contribution in [3.05, 3.63) is 34.7 Å². The van der Waals surface area contributed by atoms with E-state index >= 15 is 0 Å². The molecule has 3 aromatic rings. The third-order valence-electron chi connectivity index (χ3n) is 2.29. The van der Waals surface area contributed by atoms with Gasteiger partial charge < -0.3 is 0 Å². The summed E-state index contributed by atoms with van der Waals surface area (Å²) < 4.78 is 0.887. The van der Waals surface area contributed by atoms with Gasteiger partial charge in [-0.3, -0.25) is 0 Å². The minimum atomic E-state index is 0.597. The third kappa shape index (κ3) is 2.94. The molecule has 0 N–H and O–H groups in total. The summed E-state index contributed by atoms with van der Waals surface area (Å²) in [6, 6.07) is 7.61. The Kier molecular flexibility index (Phi) is 3.50. The van der Waals surface area contributed by atoms with Crippen LogP contribution in [0.15, 0.2) is 39.1 Å². The number of benzene rings is 1. The lowest BCUT2D eigenvalue weighted by Gasteiger charge is -1.95. The van der Waals surface area contributed by atoms with Gasteiger partial charge in [-0.05, 0) is 29.1 Å². The minimum absolute atomic E-state index is 0.597. The van der Waals surface area contributed by atoms with Gasteiger partial charge in [-0.1, -0.05) is 23.7 Å². The first-order valence-electron chi connectivity index (χ1n) is 5.34. The zero-order valence-electron chi connectivity index (χ0n) is 9.82. The predicted molar refractivity (Wildman–Crippen MR) is 75.5 cm³/mol. The molecule has 0 atom stereocenters. The first-order chi connectivity index (χ1) is 9.20. The molecule has 8 heteroatoms. The number of halogens is 1. The molecule has 0 radical (unpaired) electrons. The van der Waals surface area contributed by atoms with E-state index in [9.17, 15) is 0 Å². The highest BCUT2D eigenvalue weighted by Crippen LogP contribution is 2.31. The molecule has 0 fully saturated rings. The number of aryl methyl sites for hydroxylation is 1. The number of hydrogen-bond acceptors (Lipinski definition) is 6. The topological polar surface area (TPSA) is 56.5 Å². The second kappa shape index (κ2) is 5.28. The van der Waals surface area contributed by atoms with Gasteiger partial charge in [-0.25, -0.2) is 4.98 Å². The van der Waals surface area contributed by atoms with Crippen molar-refractivity contribution in [1.29, 1.82) is 0 Å². The summed E-state index contributed by atoms with van der Waals surface area (Å²) in [6.45, 7) is 0. The van der Waals surface area contributed by atoms with Gasteiger partial charge in [-0.15, -0.1) is 21.5 Å². The molecular formula is C11H8ClN5S2.